The summed E-state index contributed by atoms with van der Waals surface area (Å²) in [5.41, 5.74) is 0.540. The molecule has 200 valence electrons. The van der Waals surface area contributed by atoms with E-state index in [9.17, 15) is 14.4 Å². The number of fused-ring (bicyclic) bond motifs is 1. The highest BCUT2D eigenvalue weighted by atomic mass is 35.5. The molecule has 0 heterocycles. The van der Waals surface area contributed by atoms with Gasteiger partial charge in [-0.2, -0.15) is 0 Å². The Balaban J connectivity index is 1.53. The summed E-state index contributed by atoms with van der Waals surface area (Å²) in [5.74, 6) is -0.834. The van der Waals surface area contributed by atoms with E-state index in [-0.39, 0.29) is 24.1 Å². The van der Waals surface area contributed by atoms with Gasteiger partial charge in [0.25, 0.3) is 0 Å². The second kappa shape index (κ2) is 12.2. The van der Waals surface area contributed by atoms with Crippen LogP contribution in [0.2, 0.25) is 10.0 Å². The predicted octanol–water partition coefficient (Wildman–Crippen LogP) is 5.75. The van der Waals surface area contributed by atoms with E-state index in [2.05, 4.69) is 22.0 Å². The molecule has 0 aliphatic heterocycles. The first-order chi connectivity index (χ1) is 18.2. The Morgan fingerprint density at radius 1 is 0.895 bits per heavy atom. The third-order valence-electron chi connectivity index (χ3n) is 7.44. The minimum absolute atomic E-state index is 0.115. The standard InChI is InChI=1S/C30H33Cl2N3O3/c1-19(25-12-11-23(31)17-26(25)32)34-28(37)30(13-5-6-14-30)29(38)35-24(18-27(36)33-2)16-20-9-10-21-7-3-4-8-22(21)15-20/h3-4,7-12,15,17,19,24H,5-6,13-14,16,18H2,1-2H3,(H,33,36)(H,34,37)(H,35,38)/t19?,24-/m1/s1. The third kappa shape index (κ3) is 6.30. The lowest BCUT2D eigenvalue weighted by Gasteiger charge is -2.31. The molecule has 0 saturated heterocycles. The summed E-state index contributed by atoms with van der Waals surface area (Å²) in [6, 6.07) is 18.5. The van der Waals surface area contributed by atoms with Crippen LogP contribution in [-0.4, -0.2) is 30.8 Å². The minimum Gasteiger partial charge on any atom is -0.359 e. The number of nitrogens with one attached hydrogen (secondary N) is 3. The van der Waals surface area contributed by atoms with Gasteiger partial charge in [0, 0.05) is 29.6 Å². The van der Waals surface area contributed by atoms with Gasteiger partial charge in [-0.25, -0.2) is 0 Å². The summed E-state index contributed by atoms with van der Waals surface area (Å²) in [4.78, 5) is 39.7. The monoisotopic (exact) mass is 553 g/mol. The Morgan fingerprint density at radius 3 is 2.26 bits per heavy atom. The minimum atomic E-state index is -1.20. The van der Waals surface area contributed by atoms with Crippen molar-refractivity contribution in [1.29, 1.82) is 0 Å². The van der Waals surface area contributed by atoms with Crippen LogP contribution in [0.15, 0.2) is 60.7 Å². The zero-order valence-electron chi connectivity index (χ0n) is 21.7. The highest BCUT2D eigenvalue weighted by molar-refractivity contribution is 6.35. The van der Waals surface area contributed by atoms with E-state index < -0.39 is 17.5 Å². The van der Waals surface area contributed by atoms with E-state index in [1.807, 2.05) is 43.3 Å². The molecule has 0 bridgehead atoms. The molecule has 1 fully saturated rings. The zero-order chi connectivity index (χ0) is 27.3. The van der Waals surface area contributed by atoms with Gasteiger partial charge in [-0.3, -0.25) is 14.4 Å². The maximum absolute atomic E-state index is 13.8. The Hall–Kier alpha value is -3.09. The molecule has 3 amide bonds. The maximum Gasteiger partial charge on any atom is 0.236 e. The molecule has 2 atom stereocenters. The highest BCUT2D eigenvalue weighted by Crippen LogP contribution is 2.40. The summed E-state index contributed by atoms with van der Waals surface area (Å²) < 4.78 is 0. The number of hydrogen-bond donors (Lipinski definition) is 3. The lowest BCUT2D eigenvalue weighted by Crippen LogP contribution is -2.53. The van der Waals surface area contributed by atoms with Crippen molar-refractivity contribution in [2.24, 2.45) is 5.41 Å². The Labute approximate surface area is 233 Å². The predicted molar refractivity (Wildman–Crippen MR) is 152 cm³/mol. The molecular formula is C30H33Cl2N3O3. The quantitative estimate of drug-likeness (QED) is 0.295. The van der Waals surface area contributed by atoms with Gasteiger partial charge in [0.05, 0.1) is 6.04 Å². The Bertz CT molecular complexity index is 1340. The van der Waals surface area contributed by atoms with Crippen molar-refractivity contribution in [3.63, 3.8) is 0 Å². The van der Waals surface area contributed by atoms with Crippen LogP contribution in [0.4, 0.5) is 0 Å². The maximum atomic E-state index is 13.8. The fourth-order valence-electron chi connectivity index (χ4n) is 5.27. The normalized spacial score (nSPS) is 16.0. The van der Waals surface area contributed by atoms with Crippen LogP contribution >= 0.6 is 23.2 Å². The van der Waals surface area contributed by atoms with Crippen LogP contribution in [0.25, 0.3) is 10.8 Å². The number of benzene rings is 3. The summed E-state index contributed by atoms with van der Waals surface area (Å²) in [6.07, 6.45) is 3.05. The molecule has 38 heavy (non-hydrogen) atoms. The molecule has 0 radical (unpaired) electrons. The highest BCUT2D eigenvalue weighted by Gasteiger charge is 2.48. The molecule has 8 heteroatoms. The van der Waals surface area contributed by atoms with E-state index in [0.29, 0.717) is 29.3 Å². The van der Waals surface area contributed by atoms with E-state index in [1.165, 1.54) is 0 Å². The first kappa shape index (κ1) is 27.9. The van der Waals surface area contributed by atoms with Gasteiger partial charge in [-0.15, -0.1) is 0 Å². The molecule has 4 rings (SSSR count). The van der Waals surface area contributed by atoms with Crippen molar-refractivity contribution in [2.75, 3.05) is 7.05 Å². The molecule has 1 saturated carbocycles. The van der Waals surface area contributed by atoms with Crippen LogP contribution in [0.1, 0.15) is 56.2 Å². The number of halogens is 2. The lowest BCUT2D eigenvalue weighted by atomic mass is 9.83. The van der Waals surface area contributed by atoms with E-state index in [1.54, 1.807) is 25.2 Å². The molecule has 1 aliphatic carbocycles. The number of carbonyl (C=O) groups is 3. The van der Waals surface area contributed by atoms with Crippen molar-refractivity contribution < 1.29 is 14.4 Å². The van der Waals surface area contributed by atoms with Crippen molar-refractivity contribution in [1.82, 2.24) is 16.0 Å². The van der Waals surface area contributed by atoms with Crippen LogP contribution in [0.5, 0.6) is 0 Å². The lowest BCUT2D eigenvalue weighted by molar-refractivity contribution is -0.144. The van der Waals surface area contributed by atoms with E-state index >= 15 is 0 Å². The number of rotatable bonds is 9. The van der Waals surface area contributed by atoms with E-state index in [0.717, 1.165) is 34.7 Å². The SMILES string of the molecule is CNC(=O)C[C@@H](Cc1ccc2ccccc2c1)NC(=O)C1(C(=O)NC(C)c2ccc(Cl)cc2Cl)CCCC1. The summed E-state index contributed by atoms with van der Waals surface area (Å²) >= 11 is 12.4. The smallest absolute Gasteiger partial charge is 0.236 e. The third-order valence-corrected chi connectivity index (χ3v) is 8.01. The molecule has 3 aromatic rings. The van der Waals surface area contributed by atoms with Crippen molar-refractivity contribution in [2.45, 2.75) is 57.5 Å². The molecule has 3 N–H and O–H groups in total. The molecular weight excluding hydrogens is 521 g/mol. The Morgan fingerprint density at radius 2 is 1.58 bits per heavy atom. The fourth-order valence-corrected chi connectivity index (χ4v) is 5.85. The molecule has 1 aliphatic rings. The summed E-state index contributed by atoms with van der Waals surface area (Å²) in [5, 5.41) is 11.9. The van der Waals surface area contributed by atoms with E-state index in [4.69, 9.17) is 23.2 Å². The second-order valence-electron chi connectivity index (χ2n) is 10.1. The number of hydrogen-bond acceptors (Lipinski definition) is 3. The number of carbonyl (C=O) groups excluding carboxylic acids is 3. The van der Waals surface area contributed by atoms with Crippen LogP contribution in [0.3, 0.4) is 0 Å². The molecule has 0 aromatic heterocycles. The van der Waals surface area contributed by atoms with Gasteiger partial charge < -0.3 is 16.0 Å². The van der Waals surface area contributed by atoms with Crippen molar-refractivity contribution >= 4 is 51.7 Å². The molecule has 6 nitrogen and oxygen atoms in total. The van der Waals surface area contributed by atoms with Crippen LogP contribution < -0.4 is 16.0 Å². The molecule has 0 spiro atoms. The van der Waals surface area contributed by atoms with Gasteiger partial charge in [0.1, 0.15) is 5.41 Å². The van der Waals surface area contributed by atoms with Crippen molar-refractivity contribution in [3.8, 4) is 0 Å². The Kier molecular flexibility index (Phi) is 8.95. The van der Waals surface area contributed by atoms with Gasteiger partial charge >= 0.3 is 0 Å². The fraction of sp³-hybridized carbons (Fsp3) is 0.367. The largest absolute Gasteiger partial charge is 0.359 e. The van der Waals surface area contributed by atoms with Gasteiger partial charge in [-0.1, -0.05) is 84.6 Å². The first-order valence-electron chi connectivity index (χ1n) is 13.0. The number of amides is 3. The van der Waals surface area contributed by atoms with Crippen LogP contribution in [-0.2, 0) is 20.8 Å². The molecule has 1 unspecified atom stereocenters. The van der Waals surface area contributed by atoms with Gasteiger partial charge in [-0.05, 0) is 60.2 Å². The van der Waals surface area contributed by atoms with Crippen molar-refractivity contribution in [3.05, 3.63) is 81.8 Å². The molecule has 3 aromatic carbocycles. The van der Waals surface area contributed by atoms with Crippen LogP contribution in [0, 0.1) is 5.41 Å². The topological polar surface area (TPSA) is 87.3 Å². The van der Waals surface area contributed by atoms with Gasteiger partial charge in [0.2, 0.25) is 17.7 Å². The zero-order valence-corrected chi connectivity index (χ0v) is 23.2. The summed E-state index contributed by atoms with van der Waals surface area (Å²) in [7, 11) is 1.58. The second-order valence-corrected chi connectivity index (χ2v) is 10.9. The average Bonchev–Trinajstić information content (AvgIpc) is 3.40. The van der Waals surface area contributed by atoms with Gasteiger partial charge in [0.15, 0.2) is 0 Å². The first-order valence-corrected chi connectivity index (χ1v) is 13.7. The summed E-state index contributed by atoms with van der Waals surface area (Å²) in [6.45, 7) is 1.84. The average molecular weight is 555 g/mol.